The average molecular weight is 481 g/mol. The van der Waals surface area contributed by atoms with Gasteiger partial charge in [-0.2, -0.15) is 0 Å². The van der Waals surface area contributed by atoms with Crippen molar-refractivity contribution in [1.29, 1.82) is 0 Å². The minimum Gasteiger partial charge on any atom is -0.463 e. The van der Waals surface area contributed by atoms with Crippen molar-refractivity contribution in [2.24, 2.45) is 5.92 Å². The van der Waals surface area contributed by atoms with Crippen LogP contribution in [0.4, 0.5) is 4.79 Å². The first-order chi connectivity index (χ1) is 16.9. The van der Waals surface area contributed by atoms with Gasteiger partial charge in [-0.25, -0.2) is 9.59 Å². The van der Waals surface area contributed by atoms with Gasteiger partial charge < -0.3 is 15.0 Å². The average Bonchev–Trinajstić information content (AvgIpc) is 3.69. The molecule has 3 amide bonds. The van der Waals surface area contributed by atoms with Crippen molar-refractivity contribution in [1.82, 2.24) is 20.0 Å². The van der Waals surface area contributed by atoms with E-state index >= 15 is 0 Å². The number of carbonyl (C=O) groups is 3. The summed E-state index contributed by atoms with van der Waals surface area (Å²) in [4.78, 5) is 44.9. The fraction of sp³-hybridized carbons (Fsp3) is 0.519. The van der Waals surface area contributed by atoms with Crippen molar-refractivity contribution in [3.8, 4) is 0 Å². The van der Waals surface area contributed by atoms with Gasteiger partial charge in [0.15, 0.2) is 0 Å². The van der Waals surface area contributed by atoms with Crippen molar-refractivity contribution < 1.29 is 19.1 Å². The summed E-state index contributed by atoms with van der Waals surface area (Å²) in [7, 11) is 0. The molecule has 1 aromatic carbocycles. The van der Waals surface area contributed by atoms with Gasteiger partial charge in [-0.1, -0.05) is 35.9 Å². The van der Waals surface area contributed by atoms with Gasteiger partial charge in [-0.15, -0.1) is 6.58 Å². The van der Waals surface area contributed by atoms with Gasteiger partial charge >= 0.3 is 12.0 Å². The lowest BCUT2D eigenvalue weighted by Crippen LogP contribution is -2.51. The van der Waals surface area contributed by atoms with E-state index in [2.05, 4.69) is 16.8 Å². The number of aryl methyl sites for hydroxylation is 1. The molecule has 4 rings (SSSR count). The number of hydrogen-bond acceptors (Lipinski definition) is 5. The van der Waals surface area contributed by atoms with E-state index in [-0.39, 0.29) is 31.0 Å². The van der Waals surface area contributed by atoms with Gasteiger partial charge in [0, 0.05) is 50.9 Å². The molecule has 2 heterocycles. The molecular formula is C27H36N4O4. The van der Waals surface area contributed by atoms with Crippen molar-refractivity contribution in [3.05, 3.63) is 59.3 Å². The molecule has 2 aliphatic heterocycles. The molecule has 8 nitrogen and oxygen atoms in total. The number of ether oxygens (including phenoxy) is 1. The van der Waals surface area contributed by atoms with Crippen LogP contribution in [-0.4, -0.2) is 78.5 Å². The topological polar surface area (TPSA) is 82.2 Å². The summed E-state index contributed by atoms with van der Waals surface area (Å²) in [6.07, 6.45) is 4.52. The fourth-order valence-corrected chi connectivity index (χ4v) is 4.80. The largest absolute Gasteiger partial charge is 0.463 e. The highest BCUT2D eigenvalue weighted by Gasteiger charge is 2.39. The molecule has 0 bridgehead atoms. The Labute approximate surface area is 207 Å². The second kappa shape index (κ2) is 11.1. The number of nitrogens with zero attached hydrogens (tertiary/aromatic N) is 3. The zero-order valence-electron chi connectivity index (χ0n) is 20.8. The molecule has 0 aromatic heterocycles. The van der Waals surface area contributed by atoms with Crippen LogP contribution in [-0.2, 0) is 14.3 Å². The van der Waals surface area contributed by atoms with Crippen LogP contribution >= 0.6 is 0 Å². The van der Waals surface area contributed by atoms with Crippen molar-refractivity contribution in [3.63, 3.8) is 0 Å². The third kappa shape index (κ3) is 5.75. The summed E-state index contributed by atoms with van der Waals surface area (Å²) >= 11 is 0. The van der Waals surface area contributed by atoms with Crippen LogP contribution in [0.1, 0.15) is 43.4 Å². The first-order valence-corrected chi connectivity index (χ1v) is 12.6. The summed E-state index contributed by atoms with van der Waals surface area (Å²) in [5, 5.41) is 3.01. The maximum absolute atomic E-state index is 13.3. The maximum Gasteiger partial charge on any atom is 0.338 e. The van der Waals surface area contributed by atoms with E-state index < -0.39 is 12.0 Å². The number of nitrogens with one attached hydrogen (secondary N) is 1. The smallest absolute Gasteiger partial charge is 0.338 e. The van der Waals surface area contributed by atoms with E-state index in [0.717, 1.165) is 43.5 Å². The number of hydrogen-bond donors (Lipinski definition) is 1. The third-order valence-corrected chi connectivity index (χ3v) is 6.86. The van der Waals surface area contributed by atoms with Gasteiger partial charge in [0.2, 0.25) is 5.91 Å². The number of carbonyl (C=O) groups excluding carboxylic acids is 3. The van der Waals surface area contributed by atoms with Crippen molar-refractivity contribution in [2.75, 3.05) is 45.9 Å². The molecule has 8 heteroatoms. The molecule has 2 fully saturated rings. The summed E-state index contributed by atoms with van der Waals surface area (Å²) in [5.41, 5.74) is 3.02. The van der Waals surface area contributed by atoms with Crippen LogP contribution in [0.25, 0.3) is 0 Å². The van der Waals surface area contributed by atoms with E-state index in [1.165, 1.54) is 0 Å². The van der Waals surface area contributed by atoms with Crippen LogP contribution in [0.15, 0.2) is 48.2 Å². The second-order valence-electron chi connectivity index (χ2n) is 9.50. The summed E-state index contributed by atoms with van der Waals surface area (Å²) in [6.45, 7) is 11.4. The maximum atomic E-state index is 13.3. The number of rotatable bonds is 8. The van der Waals surface area contributed by atoms with Crippen LogP contribution in [0.5, 0.6) is 0 Å². The SMILES string of the molecule is C=CCN1C(=O)N[C@H](c2ccc(C)cc2)C(C(=O)OCC)=C1CN1CCCN(C(=O)C2CC2)CC1. The predicted octanol–water partition coefficient (Wildman–Crippen LogP) is 3.01. The molecule has 0 radical (unpaired) electrons. The highest BCUT2D eigenvalue weighted by atomic mass is 16.5. The Morgan fingerprint density at radius 2 is 1.89 bits per heavy atom. The highest BCUT2D eigenvalue weighted by molar-refractivity contribution is 5.95. The number of urea groups is 1. The Morgan fingerprint density at radius 3 is 2.54 bits per heavy atom. The second-order valence-corrected chi connectivity index (χ2v) is 9.50. The number of esters is 1. The normalized spacial score (nSPS) is 21.4. The van der Waals surface area contributed by atoms with Gasteiger partial charge in [0.25, 0.3) is 0 Å². The molecular weight excluding hydrogens is 444 g/mol. The molecule has 1 saturated carbocycles. The first kappa shape index (κ1) is 25.0. The Kier molecular flexibility index (Phi) is 7.90. The minimum absolute atomic E-state index is 0.208. The van der Waals surface area contributed by atoms with Crippen LogP contribution in [0.2, 0.25) is 0 Å². The minimum atomic E-state index is -0.599. The summed E-state index contributed by atoms with van der Waals surface area (Å²) in [5.74, 6) is 0.0469. The van der Waals surface area contributed by atoms with Crippen LogP contribution in [0.3, 0.4) is 0 Å². The zero-order chi connectivity index (χ0) is 24.9. The molecule has 1 aromatic rings. The van der Waals surface area contributed by atoms with Gasteiger partial charge in [0.1, 0.15) is 0 Å². The molecule has 1 atom stereocenters. The molecule has 0 unspecified atom stereocenters. The van der Waals surface area contributed by atoms with E-state index in [9.17, 15) is 14.4 Å². The fourth-order valence-electron chi connectivity index (χ4n) is 4.80. The van der Waals surface area contributed by atoms with Gasteiger partial charge in [-0.05, 0) is 38.7 Å². The standard InChI is InChI=1S/C27H36N4O4/c1-4-13-31-22(18-29-14-6-15-30(17-16-29)25(32)21-11-12-21)23(26(33)35-5-2)24(28-27(31)34)20-9-7-19(3)8-10-20/h4,7-10,21,24H,1,5-6,11-18H2,2-3H3,(H,28,34)/t24-/m1/s1. The Morgan fingerprint density at radius 1 is 1.14 bits per heavy atom. The lowest BCUT2D eigenvalue weighted by atomic mass is 9.93. The highest BCUT2D eigenvalue weighted by Crippen LogP contribution is 2.33. The van der Waals surface area contributed by atoms with Gasteiger partial charge in [0.05, 0.1) is 18.2 Å². The van der Waals surface area contributed by atoms with E-state index in [1.54, 1.807) is 17.9 Å². The zero-order valence-corrected chi connectivity index (χ0v) is 20.8. The number of benzene rings is 1. The van der Waals surface area contributed by atoms with Gasteiger partial charge in [-0.3, -0.25) is 14.6 Å². The van der Waals surface area contributed by atoms with E-state index in [1.807, 2.05) is 36.1 Å². The van der Waals surface area contributed by atoms with E-state index in [0.29, 0.717) is 30.9 Å². The van der Waals surface area contributed by atoms with E-state index in [4.69, 9.17) is 4.74 Å². The first-order valence-electron chi connectivity index (χ1n) is 12.6. The quantitative estimate of drug-likeness (QED) is 0.457. The molecule has 3 aliphatic rings. The summed E-state index contributed by atoms with van der Waals surface area (Å²) < 4.78 is 5.47. The molecule has 35 heavy (non-hydrogen) atoms. The predicted molar refractivity (Wildman–Crippen MR) is 133 cm³/mol. The lowest BCUT2D eigenvalue weighted by Gasteiger charge is -2.38. The Hall–Kier alpha value is -3.13. The number of amides is 3. The lowest BCUT2D eigenvalue weighted by molar-refractivity contribution is -0.139. The van der Waals surface area contributed by atoms with Crippen molar-refractivity contribution in [2.45, 2.75) is 39.2 Å². The molecule has 0 spiro atoms. The molecule has 1 aliphatic carbocycles. The Balaban J connectivity index is 1.66. The molecule has 1 saturated heterocycles. The van der Waals surface area contributed by atoms with Crippen LogP contribution < -0.4 is 5.32 Å². The molecule has 188 valence electrons. The summed E-state index contributed by atoms with van der Waals surface area (Å²) in [6, 6.07) is 6.96. The van der Waals surface area contributed by atoms with Crippen LogP contribution in [0, 0.1) is 12.8 Å². The van der Waals surface area contributed by atoms with Crippen molar-refractivity contribution >= 4 is 17.9 Å². The monoisotopic (exact) mass is 480 g/mol. The molecule has 1 N–H and O–H groups in total. The Bertz CT molecular complexity index is 999. The third-order valence-electron chi connectivity index (χ3n) is 6.86.